The summed E-state index contributed by atoms with van der Waals surface area (Å²) in [5.41, 5.74) is 2.36. The van der Waals surface area contributed by atoms with Crippen LogP contribution >= 0.6 is 0 Å². The lowest BCUT2D eigenvalue weighted by Crippen LogP contribution is -2.33. The molecule has 2 unspecified atom stereocenters. The molecule has 1 aromatic rings. The van der Waals surface area contributed by atoms with Crippen molar-refractivity contribution in [2.75, 3.05) is 13.1 Å². The molecule has 5 rings (SSSR count). The minimum atomic E-state index is -3.38. The predicted molar refractivity (Wildman–Crippen MR) is 82.3 cm³/mol. The Hall–Kier alpha value is -1.39. The van der Waals surface area contributed by atoms with Crippen molar-refractivity contribution >= 4 is 10.0 Å². The quantitative estimate of drug-likeness (QED) is 0.788. The number of rotatable bonds is 2. The summed E-state index contributed by atoms with van der Waals surface area (Å²) < 4.78 is 27.3. The highest BCUT2D eigenvalue weighted by molar-refractivity contribution is 7.89. The summed E-state index contributed by atoms with van der Waals surface area (Å²) in [5, 5.41) is 0. The van der Waals surface area contributed by atoms with Crippen molar-refractivity contribution in [2.24, 2.45) is 11.3 Å². The molecule has 1 fully saturated rings. The van der Waals surface area contributed by atoms with Crippen molar-refractivity contribution in [1.29, 1.82) is 0 Å². The number of fused-ring (bicyclic) bond motifs is 1. The van der Waals surface area contributed by atoms with Gasteiger partial charge >= 0.3 is 0 Å². The molecule has 1 aromatic carbocycles. The molecule has 1 heterocycles. The van der Waals surface area contributed by atoms with Crippen molar-refractivity contribution in [2.45, 2.75) is 24.7 Å². The molecule has 0 aromatic heterocycles. The van der Waals surface area contributed by atoms with Crippen LogP contribution in [0.2, 0.25) is 0 Å². The van der Waals surface area contributed by atoms with Gasteiger partial charge in [0.15, 0.2) is 0 Å². The second-order valence-corrected chi connectivity index (χ2v) is 8.43. The number of nitrogens with zero attached hydrogens (tertiary/aromatic N) is 1. The first-order valence-electron chi connectivity index (χ1n) is 7.47. The molecule has 0 N–H and O–H groups in total. The first kappa shape index (κ1) is 13.3. The topological polar surface area (TPSA) is 37.4 Å². The first-order chi connectivity index (χ1) is 9.99. The van der Waals surface area contributed by atoms with Crippen LogP contribution in [0, 0.1) is 18.3 Å². The van der Waals surface area contributed by atoms with Crippen molar-refractivity contribution in [3.63, 3.8) is 0 Å². The number of allylic oxidation sites excluding steroid dienone is 2. The Morgan fingerprint density at radius 2 is 2.00 bits per heavy atom. The maximum absolute atomic E-state index is 12.8. The molecule has 1 aliphatic heterocycles. The third-order valence-electron chi connectivity index (χ3n) is 5.10. The Balaban J connectivity index is 1.69. The van der Waals surface area contributed by atoms with E-state index in [0.29, 0.717) is 23.9 Å². The molecule has 4 aliphatic rings. The number of aryl methyl sites for hydroxylation is 1. The maximum Gasteiger partial charge on any atom is 0.243 e. The van der Waals surface area contributed by atoms with E-state index in [4.69, 9.17) is 0 Å². The van der Waals surface area contributed by atoms with Crippen LogP contribution in [0.15, 0.2) is 53.0 Å². The normalized spacial score (nSPS) is 31.3. The minimum Gasteiger partial charge on any atom is -0.207 e. The van der Waals surface area contributed by atoms with Crippen molar-refractivity contribution in [1.82, 2.24) is 4.31 Å². The number of hydrogen-bond acceptors (Lipinski definition) is 2. The highest BCUT2D eigenvalue weighted by Crippen LogP contribution is 2.50. The van der Waals surface area contributed by atoms with Crippen LogP contribution in [-0.2, 0) is 10.0 Å². The smallest absolute Gasteiger partial charge is 0.207 e. The van der Waals surface area contributed by atoms with E-state index in [0.717, 1.165) is 18.4 Å². The van der Waals surface area contributed by atoms with Gasteiger partial charge in [-0.3, -0.25) is 0 Å². The van der Waals surface area contributed by atoms with E-state index < -0.39 is 10.0 Å². The van der Waals surface area contributed by atoms with Crippen molar-refractivity contribution < 1.29 is 8.42 Å². The molecule has 4 heteroatoms. The largest absolute Gasteiger partial charge is 0.243 e. The van der Waals surface area contributed by atoms with E-state index in [1.165, 1.54) is 5.57 Å². The van der Waals surface area contributed by atoms with E-state index in [9.17, 15) is 8.42 Å². The van der Waals surface area contributed by atoms with Crippen LogP contribution in [0.3, 0.4) is 0 Å². The number of benzene rings is 1. The summed E-state index contributed by atoms with van der Waals surface area (Å²) in [7, 11) is -3.38. The number of sulfonamides is 1. The lowest BCUT2D eigenvalue weighted by atomic mass is 9.67. The van der Waals surface area contributed by atoms with E-state index in [2.05, 4.69) is 18.2 Å². The van der Waals surface area contributed by atoms with Gasteiger partial charge in [-0.1, -0.05) is 35.9 Å². The van der Waals surface area contributed by atoms with Crippen molar-refractivity contribution in [3.8, 4) is 0 Å². The Bertz CT molecular complexity index is 745. The van der Waals surface area contributed by atoms with Gasteiger partial charge in [0.2, 0.25) is 10.0 Å². The molecule has 0 saturated carbocycles. The van der Waals surface area contributed by atoms with Crippen LogP contribution in [0.25, 0.3) is 0 Å². The highest BCUT2D eigenvalue weighted by Gasteiger charge is 2.48. The fraction of sp³-hybridized carbons (Fsp3) is 0.412. The van der Waals surface area contributed by atoms with Gasteiger partial charge < -0.3 is 0 Å². The van der Waals surface area contributed by atoms with E-state index in [-0.39, 0.29) is 5.41 Å². The molecule has 110 valence electrons. The number of hydrogen-bond donors (Lipinski definition) is 0. The molecule has 3 nitrogen and oxygen atoms in total. The zero-order chi connectivity index (χ0) is 14.7. The van der Waals surface area contributed by atoms with Gasteiger partial charge in [-0.15, -0.1) is 0 Å². The fourth-order valence-electron chi connectivity index (χ4n) is 3.78. The lowest BCUT2D eigenvalue weighted by molar-refractivity contribution is 0.341. The summed E-state index contributed by atoms with van der Waals surface area (Å²) in [6, 6.07) is 7.15. The Morgan fingerprint density at radius 1 is 1.24 bits per heavy atom. The van der Waals surface area contributed by atoms with E-state index >= 15 is 0 Å². The third kappa shape index (κ3) is 1.93. The van der Waals surface area contributed by atoms with Gasteiger partial charge in [-0.25, -0.2) is 8.42 Å². The average Bonchev–Trinajstić information content (AvgIpc) is 2.88. The SMILES string of the molecule is Cc1ccc(S(=O)(=O)N2CC3=CC4C=CC3(CC4)C2)cc1. The fourth-order valence-corrected chi connectivity index (χ4v) is 5.26. The second kappa shape index (κ2) is 4.31. The third-order valence-corrected chi connectivity index (χ3v) is 6.91. The van der Waals surface area contributed by atoms with Gasteiger partial charge in [0, 0.05) is 18.5 Å². The lowest BCUT2D eigenvalue weighted by Gasteiger charge is -2.37. The first-order valence-corrected chi connectivity index (χ1v) is 8.91. The van der Waals surface area contributed by atoms with Crippen LogP contribution in [0.1, 0.15) is 18.4 Å². The van der Waals surface area contributed by atoms with Gasteiger partial charge in [0.25, 0.3) is 0 Å². The summed E-state index contributed by atoms with van der Waals surface area (Å²) in [6.45, 7) is 3.11. The molecule has 1 spiro atoms. The van der Waals surface area contributed by atoms with E-state index in [1.807, 2.05) is 19.1 Å². The molecule has 0 radical (unpaired) electrons. The van der Waals surface area contributed by atoms with Gasteiger partial charge in [-0.2, -0.15) is 4.31 Å². The van der Waals surface area contributed by atoms with E-state index in [1.54, 1.807) is 16.4 Å². The Morgan fingerprint density at radius 3 is 2.62 bits per heavy atom. The molecule has 0 amide bonds. The molecule has 3 aliphatic carbocycles. The predicted octanol–water partition coefficient (Wildman–Crippen LogP) is 2.89. The summed E-state index contributed by atoms with van der Waals surface area (Å²) in [4.78, 5) is 0.405. The monoisotopic (exact) mass is 301 g/mol. The van der Waals surface area contributed by atoms with Gasteiger partial charge in [0.05, 0.1) is 4.90 Å². The zero-order valence-corrected chi connectivity index (χ0v) is 12.9. The molecule has 2 atom stereocenters. The minimum absolute atomic E-state index is 0.0213. The van der Waals surface area contributed by atoms with Gasteiger partial charge in [0.1, 0.15) is 0 Å². The summed E-state index contributed by atoms with van der Waals surface area (Å²) >= 11 is 0. The van der Waals surface area contributed by atoms with Crippen LogP contribution in [0.5, 0.6) is 0 Å². The van der Waals surface area contributed by atoms with Gasteiger partial charge in [-0.05, 0) is 43.4 Å². The zero-order valence-electron chi connectivity index (χ0n) is 12.1. The molecule has 21 heavy (non-hydrogen) atoms. The van der Waals surface area contributed by atoms with Crippen molar-refractivity contribution in [3.05, 3.63) is 53.6 Å². The molecular weight excluding hydrogens is 282 g/mol. The second-order valence-electron chi connectivity index (χ2n) is 6.50. The van der Waals surface area contributed by atoms with Crippen LogP contribution in [-0.4, -0.2) is 25.8 Å². The maximum atomic E-state index is 12.8. The highest BCUT2D eigenvalue weighted by atomic mass is 32.2. The standard InChI is InChI=1S/C17H19NO2S/c1-13-2-4-16(5-3-13)21(19,20)18-11-15-10-14-6-8-17(15,12-18)9-7-14/h2-6,8,10,14H,7,9,11-12H2,1H3. The molecular formula is C17H19NO2S. The summed E-state index contributed by atoms with van der Waals surface area (Å²) in [6.07, 6.45) is 9.02. The van der Waals surface area contributed by atoms with Crippen LogP contribution < -0.4 is 0 Å². The molecule has 2 bridgehead atoms. The summed E-state index contributed by atoms with van der Waals surface area (Å²) in [5.74, 6) is 0.518. The Labute approximate surface area is 126 Å². The molecule has 1 saturated heterocycles. The van der Waals surface area contributed by atoms with Crippen LogP contribution in [0.4, 0.5) is 0 Å². The average molecular weight is 301 g/mol. The Kier molecular flexibility index (Phi) is 2.72.